The van der Waals surface area contributed by atoms with E-state index in [1.807, 2.05) is 5.32 Å². The van der Waals surface area contributed by atoms with E-state index in [4.69, 9.17) is 4.74 Å². The first-order chi connectivity index (χ1) is 17.2. The van der Waals surface area contributed by atoms with Crippen LogP contribution in [0, 0.1) is 11.8 Å². The Kier molecular flexibility index (Phi) is 6.31. The van der Waals surface area contributed by atoms with E-state index in [2.05, 4.69) is 0 Å². The van der Waals surface area contributed by atoms with Crippen LogP contribution in [0.5, 0.6) is 5.75 Å². The summed E-state index contributed by atoms with van der Waals surface area (Å²) in [7, 11) is 2.90. The highest BCUT2D eigenvalue weighted by atomic mass is 16.5. The quantitative estimate of drug-likeness (QED) is 0.198. The Morgan fingerprint density at radius 1 is 1.14 bits per heavy atom. The fraction of sp³-hybridized carbons (Fsp3) is 0.400. The predicted octanol–water partition coefficient (Wildman–Crippen LogP) is -0.511. The van der Waals surface area contributed by atoms with Crippen LogP contribution in [0.2, 0.25) is 0 Å². The van der Waals surface area contributed by atoms with Gasteiger partial charge in [0.15, 0.2) is 11.4 Å². The number of amides is 2. The van der Waals surface area contributed by atoms with Gasteiger partial charge in [0, 0.05) is 25.3 Å². The molecule has 0 spiro atoms. The summed E-state index contributed by atoms with van der Waals surface area (Å²) in [6, 6.07) is 3.13. The minimum atomic E-state index is -3.00. The third kappa shape index (κ3) is 3.76. The zero-order chi connectivity index (χ0) is 27.6. The molecule has 0 heterocycles. The summed E-state index contributed by atoms with van der Waals surface area (Å²) < 4.78 is 5.14. The van der Waals surface area contributed by atoms with Crippen molar-refractivity contribution in [3.63, 3.8) is 0 Å². The maximum Gasteiger partial charge on any atom is 0.308 e. The van der Waals surface area contributed by atoms with Crippen LogP contribution in [0.25, 0.3) is 0 Å². The molecule has 196 valence electrons. The zero-order valence-electron chi connectivity index (χ0n) is 20.4. The van der Waals surface area contributed by atoms with Crippen LogP contribution < -0.4 is 10.1 Å². The van der Waals surface area contributed by atoms with E-state index in [0.29, 0.717) is 5.56 Å². The second kappa shape index (κ2) is 8.91. The number of likely N-dealkylation sites (N-methyl/N-ethyl adjacent to an activating group) is 1. The number of carbonyl (C=O) groups excluding carboxylic acids is 5. The average molecular weight is 514 g/mol. The molecule has 0 aromatic heterocycles. The first kappa shape index (κ1) is 26.2. The molecule has 5 N–H and O–H groups in total. The van der Waals surface area contributed by atoms with Gasteiger partial charge in [0.1, 0.15) is 22.8 Å². The summed E-state index contributed by atoms with van der Waals surface area (Å²) in [5, 5.41) is 47.3. The van der Waals surface area contributed by atoms with Crippen molar-refractivity contribution in [1.82, 2.24) is 10.2 Å². The number of fused-ring (bicyclic) bond motifs is 3. The summed E-state index contributed by atoms with van der Waals surface area (Å²) in [6.07, 6.45) is -1.68. The van der Waals surface area contributed by atoms with Gasteiger partial charge in [-0.2, -0.15) is 0 Å². The number of ether oxygens (including phenoxy) is 1. The fourth-order valence-corrected chi connectivity index (χ4v) is 5.63. The zero-order valence-corrected chi connectivity index (χ0v) is 20.4. The molecule has 1 aromatic rings. The molecule has 1 aromatic carbocycles. The summed E-state index contributed by atoms with van der Waals surface area (Å²) in [6.45, 7) is 2.13. The number of Topliss-reactive ketones (excluding diaryl/α,β-unsaturated/α-hetero) is 2. The average Bonchev–Trinajstić information content (AvgIpc) is 2.78. The van der Waals surface area contributed by atoms with Crippen molar-refractivity contribution in [2.75, 3.05) is 14.1 Å². The minimum absolute atomic E-state index is 0.0280. The number of nitrogens with zero attached hydrogens (tertiary/aromatic N) is 1. The minimum Gasteiger partial charge on any atom is -0.510 e. The Balaban J connectivity index is 1.96. The van der Waals surface area contributed by atoms with Gasteiger partial charge >= 0.3 is 5.97 Å². The second-order valence-corrected chi connectivity index (χ2v) is 9.58. The number of nitrogens with one attached hydrogen (secondary N) is 1. The largest absolute Gasteiger partial charge is 0.510 e. The molecule has 0 bridgehead atoms. The van der Waals surface area contributed by atoms with Gasteiger partial charge in [-0.1, -0.05) is 12.1 Å². The van der Waals surface area contributed by atoms with Gasteiger partial charge in [-0.15, -0.1) is 0 Å². The highest BCUT2D eigenvalue weighted by Gasteiger charge is 2.66. The lowest BCUT2D eigenvalue weighted by Gasteiger charge is -2.52. The normalized spacial score (nSPS) is 28.9. The first-order valence-electron chi connectivity index (χ1n) is 11.4. The summed E-state index contributed by atoms with van der Waals surface area (Å²) in [4.78, 5) is 64.2. The lowest BCUT2D eigenvalue weighted by atomic mass is 9.57. The van der Waals surface area contributed by atoms with Crippen LogP contribution in [-0.4, -0.2) is 86.5 Å². The maximum absolute atomic E-state index is 13.6. The monoisotopic (exact) mass is 514 g/mol. The molecule has 3 aliphatic rings. The van der Waals surface area contributed by atoms with E-state index in [-0.39, 0.29) is 17.7 Å². The van der Waals surface area contributed by atoms with Gasteiger partial charge in [-0.3, -0.25) is 34.2 Å². The number of aliphatic hydroxyl groups is 4. The van der Waals surface area contributed by atoms with E-state index in [0.717, 1.165) is 13.8 Å². The van der Waals surface area contributed by atoms with Gasteiger partial charge in [0.25, 0.3) is 5.91 Å². The molecule has 5 atom stereocenters. The number of imide groups is 1. The van der Waals surface area contributed by atoms with E-state index in [9.17, 15) is 44.4 Å². The fourth-order valence-electron chi connectivity index (χ4n) is 5.63. The van der Waals surface area contributed by atoms with Crippen molar-refractivity contribution in [1.29, 1.82) is 0 Å². The molecule has 3 aliphatic carbocycles. The Morgan fingerprint density at radius 3 is 2.35 bits per heavy atom. The summed E-state index contributed by atoms with van der Waals surface area (Å²) in [5.41, 5.74) is -4.14. The van der Waals surface area contributed by atoms with Gasteiger partial charge in [0.2, 0.25) is 11.7 Å². The van der Waals surface area contributed by atoms with Crippen molar-refractivity contribution in [2.24, 2.45) is 11.8 Å². The number of hydrogen-bond acceptors (Lipinski definition) is 11. The number of carbonyl (C=O) groups is 5. The summed E-state index contributed by atoms with van der Waals surface area (Å²) >= 11 is 0. The van der Waals surface area contributed by atoms with Crippen molar-refractivity contribution >= 4 is 29.4 Å². The van der Waals surface area contributed by atoms with Crippen LogP contribution in [0.1, 0.15) is 29.8 Å². The molecule has 2 amide bonds. The van der Waals surface area contributed by atoms with Gasteiger partial charge in [-0.05, 0) is 32.1 Å². The molecule has 12 nitrogen and oxygen atoms in total. The third-order valence-corrected chi connectivity index (χ3v) is 7.05. The predicted molar refractivity (Wildman–Crippen MR) is 124 cm³/mol. The number of esters is 1. The van der Waals surface area contributed by atoms with Crippen molar-refractivity contribution in [3.8, 4) is 5.75 Å². The summed E-state index contributed by atoms with van der Waals surface area (Å²) in [5.74, 6) is -9.93. The Morgan fingerprint density at radius 2 is 1.78 bits per heavy atom. The second-order valence-electron chi connectivity index (χ2n) is 9.58. The van der Waals surface area contributed by atoms with E-state index >= 15 is 0 Å². The Labute approximate surface area is 210 Å². The van der Waals surface area contributed by atoms with Gasteiger partial charge in [-0.25, -0.2) is 0 Å². The number of aliphatic hydroxyl groups excluding tert-OH is 3. The molecule has 0 saturated carbocycles. The maximum atomic E-state index is 13.6. The number of ketones is 2. The van der Waals surface area contributed by atoms with Crippen LogP contribution in [-0.2, 0) is 25.6 Å². The topological polar surface area (TPSA) is 191 Å². The number of hydrogen-bond donors (Lipinski definition) is 5. The van der Waals surface area contributed by atoms with Gasteiger partial charge < -0.3 is 25.2 Å². The van der Waals surface area contributed by atoms with E-state index < -0.39 is 81.6 Å². The van der Waals surface area contributed by atoms with Crippen LogP contribution in [0.4, 0.5) is 0 Å². The standard InChI is InChI=1S/C25H26N2O10/c1-9(28)26-24(35)16-21(32)18(27(3)4)17-19(30)12-8-11-6-5-7-13(37-10(2)29)14(11)20(31)15(12)22(33)25(17,36)23(16)34/h5-7,12,17-19,30,32-33,36H,8H2,1-4H3,(H,26,28,35)/t12-,17-,18+,19+,25+/m1/s1. The van der Waals surface area contributed by atoms with E-state index in [1.165, 1.54) is 25.1 Å². The number of benzene rings is 1. The first-order valence-corrected chi connectivity index (χ1v) is 11.4. The molecule has 12 heteroatoms. The highest BCUT2D eigenvalue weighted by molar-refractivity contribution is 6.27. The Hall–Kier alpha value is -3.87. The van der Waals surface area contributed by atoms with Crippen molar-refractivity contribution in [3.05, 3.63) is 52.0 Å². The van der Waals surface area contributed by atoms with Crippen molar-refractivity contribution < 1.29 is 49.1 Å². The molecule has 0 fully saturated rings. The van der Waals surface area contributed by atoms with E-state index in [1.54, 1.807) is 12.1 Å². The smallest absolute Gasteiger partial charge is 0.308 e. The Bertz CT molecular complexity index is 1330. The third-order valence-electron chi connectivity index (χ3n) is 7.05. The highest BCUT2D eigenvalue weighted by Crippen LogP contribution is 2.52. The molecule has 0 saturated heterocycles. The number of rotatable bonds is 3. The molecular formula is C25H26N2O10. The lowest BCUT2D eigenvalue weighted by Crippen LogP contribution is -2.68. The molecule has 0 unspecified atom stereocenters. The van der Waals surface area contributed by atoms with Crippen LogP contribution in [0.15, 0.2) is 40.9 Å². The van der Waals surface area contributed by atoms with Crippen molar-refractivity contribution in [2.45, 2.75) is 38.0 Å². The molecule has 37 heavy (non-hydrogen) atoms. The van der Waals surface area contributed by atoms with Crippen LogP contribution in [0.3, 0.4) is 0 Å². The van der Waals surface area contributed by atoms with Crippen LogP contribution >= 0.6 is 0 Å². The lowest BCUT2D eigenvalue weighted by molar-refractivity contribution is -0.161. The molecule has 0 aliphatic heterocycles. The molecule has 4 rings (SSSR count). The molecule has 0 radical (unpaired) electrons. The molecular weight excluding hydrogens is 488 g/mol. The van der Waals surface area contributed by atoms with Gasteiger partial charge in [0.05, 0.1) is 23.6 Å². The SMILES string of the molecule is CC(=O)NC(=O)C1=C(O)[C@@H](N(C)C)[C@@H]2[C@@H](O)[C@@H]3Cc4cccc(OC(C)=O)c4C(=O)C3=C(O)[C@]2(O)C1=O.